The summed E-state index contributed by atoms with van der Waals surface area (Å²) in [6.45, 7) is 5.17. The van der Waals surface area contributed by atoms with Crippen LogP contribution in [-0.4, -0.2) is 75.6 Å². The molecule has 5 atom stereocenters. The van der Waals surface area contributed by atoms with E-state index in [0.29, 0.717) is 17.5 Å². The van der Waals surface area contributed by atoms with E-state index in [1.165, 1.54) is 0 Å². The largest absolute Gasteiger partial charge is 0.463 e. The van der Waals surface area contributed by atoms with Crippen LogP contribution in [-0.2, 0) is 14.3 Å². The molecule has 1 fully saturated rings. The highest BCUT2D eigenvalue weighted by molar-refractivity contribution is 5.91. The molecule has 0 aromatic rings. The highest BCUT2D eigenvalue weighted by Gasteiger charge is 2.52. The molecule has 0 bridgehead atoms. The zero-order valence-corrected chi connectivity index (χ0v) is 15.4. The Balaban J connectivity index is 2.13. The molecule has 1 unspecified atom stereocenters. The van der Waals surface area contributed by atoms with Crippen LogP contribution in [0, 0.1) is 5.41 Å². The number of nitrogens with one attached hydrogen (secondary N) is 1. The quantitative estimate of drug-likeness (QED) is 0.370. The minimum Gasteiger partial charge on any atom is -0.463 e. The molecule has 2 heterocycles. The maximum Gasteiger partial charge on any atom is 0.354 e. The lowest BCUT2D eigenvalue weighted by Gasteiger charge is -2.37. The van der Waals surface area contributed by atoms with Gasteiger partial charge in [0.05, 0.1) is 13.2 Å². The van der Waals surface area contributed by atoms with Crippen LogP contribution in [0.2, 0.25) is 0 Å². The number of nitrogens with two attached hydrogens (primary N) is 1. The normalized spacial score (nSPS) is 34.3. The Kier molecular flexibility index (Phi) is 6.12. The number of amides is 2. The molecule has 0 aliphatic carbocycles. The molecular formula is C16H26FN3O7. The third-order valence-corrected chi connectivity index (χ3v) is 4.37. The second kappa shape index (κ2) is 7.68. The molecule has 11 heteroatoms. The molecule has 10 nitrogen and oxygen atoms in total. The van der Waals surface area contributed by atoms with Crippen LogP contribution in [0.15, 0.2) is 12.0 Å². The summed E-state index contributed by atoms with van der Waals surface area (Å²) >= 11 is 0. The first-order valence-corrected chi connectivity index (χ1v) is 8.47. The minimum absolute atomic E-state index is 0.0109. The molecule has 2 aliphatic heterocycles. The number of carbonyl (C=O) groups excluding carboxylic acids is 2. The number of esters is 1. The Morgan fingerprint density at radius 3 is 2.59 bits per heavy atom. The first-order valence-electron chi connectivity index (χ1n) is 8.47. The minimum atomic E-state index is -2.51. The van der Waals surface area contributed by atoms with Gasteiger partial charge in [-0.25, -0.2) is 14.0 Å². The van der Waals surface area contributed by atoms with Gasteiger partial charge in [-0.2, -0.15) is 0 Å². The summed E-state index contributed by atoms with van der Waals surface area (Å²) in [5, 5.41) is 30.8. The standard InChI is InChI=1S/C16H26FN3O7/c1-15(2,3)4-5-26-13(24)16(18)9(17)6-20(14(25)19-16)12-11(23)10(22)8(7-21)27-12/h6,8,10-12,21-23H,4-5,7,18H2,1-3H3,(H,19,25)/t8-,10-,11-,12-,16?/m1/s1. The van der Waals surface area contributed by atoms with Gasteiger partial charge in [0, 0.05) is 6.20 Å². The van der Waals surface area contributed by atoms with Gasteiger partial charge in [-0.1, -0.05) is 20.8 Å². The van der Waals surface area contributed by atoms with Gasteiger partial charge in [-0.3, -0.25) is 10.6 Å². The van der Waals surface area contributed by atoms with Gasteiger partial charge in [0.25, 0.3) is 0 Å². The van der Waals surface area contributed by atoms with Crippen molar-refractivity contribution in [3.8, 4) is 0 Å². The molecule has 2 amide bonds. The summed E-state index contributed by atoms with van der Waals surface area (Å²) in [5.74, 6) is -2.41. The summed E-state index contributed by atoms with van der Waals surface area (Å²) in [5.41, 5.74) is 3.06. The lowest BCUT2D eigenvalue weighted by atomic mass is 9.93. The van der Waals surface area contributed by atoms with Gasteiger partial charge in [0.1, 0.15) is 18.3 Å². The van der Waals surface area contributed by atoms with E-state index in [1.54, 1.807) is 0 Å². The first-order chi connectivity index (χ1) is 12.4. The molecule has 2 rings (SSSR count). The number of urea groups is 1. The molecule has 2 aliphatic rings. The van der Waals surface area contributed by atoms with E-state index in [-0.39, 0.29) is 12.0 Å². The Labute approximate surface area is 155 Å². The van der Waals surface area contributed by atoms with Gasteiger partial charge >= 0.3 is 12.0 Å². The fourth-order valence-corrected chi connectivity index (χ4v) is 2.59. The highest BCUT2D eigenvalue weighted by atomic mass is 19.1. The Bertz CT molecular complexity index is 624. The maximum absolute atomic E-state index is 14.6. The lowest BCUT2D eigenvalue weighted by molar-refractivity contribution is -0.151. The molecule has 27 heavy (non-hydrogen) atoms. The van der Waals surface area contributed by atoms with Crippen molar-refractivity contribution in [1.29, 1.82) is 0 Å². The molecule has 0 spiro atoms. The highest BCUT2D eigenvalue weighted by Crippen LogP contribution is 2.29. The van der Waals surface area contributed by atoms with E-state index in [1.807, 2.05) is 26.1 Å². The molecule has 0 aromatic heterocycles. The van der Waals surface area contributed by atoms with Crippen LogP contribution in [0.3, 0.4) is 0 Å². The van der Waals surface area contributed by atoms with Crippen molar-refractivity contribution in [3.63, 3.8) is 0 Å². The molecule has 0 saturated carbocycles. The summed E-state index contributed by atoms with van der Waals surface area (Å²) in [6, 6.07) is -1.04. The predicted octanol–water partition coefficient (Wildman–Crippen LogP) is -1.10. The Morgan fingerprint density at radius 1 is 1.44 bits per heavy atom. The van der Waals surface area contributed by atoms with Crippen LogP contribution >= 0.6 is 0 Å². The average molecular weight is 391 g/mol. The van der Waals surface area contributed by atoms with E-state index < -0.39 is 54.6 Å². The SMILES string of the molecule is CC(C)(C)CCOC(=O)C1(N)NC(=O)N([C@@H]2O[C@H](CO)[C@@H](O)[C@H]2O)C=C1F. The van der Waals surface area contributed by atoms with Crippen LogP contribution in [0.5, 0.6) is 0 Å². The van der Waals surface area contributed by atoms with E-state index in [2.05, 4.69) is 0 Å². The first kappa shape index (κ1) is 21.5. The average Bonchev–Trinajstić information content (AvgIpc) is 2.84. The number of nitrogens with zero attached hydrogens (tertiary/aromatic N) is 1. The second-order valence-corrected chi connectivity index (χ2v) is 7.80. The van der Waals surface area contributed by atoms with Crippen LogP contribution in [0.25, 0.3) is 0 Å². The monoisotopic (exact) mass is 391 g/mol. The topological polar surface area (TPSA) is 155 Å². The fourth-order valence-electron chi connectivity index (χ4n) is 2.59. The van der Waals surface area contributed by atoms with Crippen molar-refractivity contribution in [2.45, 2.75) is 57.4 Å². The number of aliphatic hydroxyl groups is 3. The van der Waals surface area contributed by atoms with Crippen molar-refractivity contribution >= 4 is 12.0 Å². The lowest BCUT2D eigenvalue weighted by Crippen LogP contribution is -2.68. The van der Waals surface area contributed by atoms with Gasteiger partial charge < -0.3 is 30.1 Å². The van der Waals surface area contributed by atoms with Crippen LogP contribution < -0.4 is 11.1 Å². The third kappa shape index (κ3) is 4.38. The summed E-state index contributed by atoms with van der Waals surface area (Å²) in [7, 11) is 0. The number of halogens is 1. The smallest absolute Gasteiger partial charge is 0.354 e. The predicted molar refractivity (Wildman–Crippen MR) is 89.3 cm³/mol. The van der Waals surface area contributed by atoms with Gasteiger partial charge in [-0.15, -0.1) is 0 Å². The zero-order chi connectivity index (χ0) is 20.6. The molecule has 0 radical (unpaired) electrons. The number of aliphatic hydroxyl groups excluding tert-OH is 3. The second-order valence-electron chi connectivity index (χ2n) is 7.80. The van der Waals surface area contributed by atoms with Crippen molar-refractivity contribution in [2.75, 3.05) is 13.2 Å². The number of hydrogen-bond donors (Lipinski definition) is 5. The maximum atomic E-state index is 14.6. The number of rotatable bonds is 5. The van der Waals surface area contributed by atoms with Crippen molar-refractivity contribution < 1.29 is 38.8 Å². The molecule has 6 N–H and O–H groups in total. The van der Waals surface area contributed by atoms with E-state index in [4.69, 9.17) is 20.3 Å². The number of hydrogen-bond acceptors (Lipinski definition) is 8. The Hall–Kier alpha value is -1.79. The molecule has 0 aromatic carbocycles. The van der Waals surface area contributed by atoms with Crippen molar-refractivity contribution in [1.82, 2.24) is 10.2 Å². The molecular weight excluding hydrogens is 365 g/mol. The van der Waals surface area contributed by atoms with Crippen molar-refractivity contribution in [2.24, 2.45) is 11.1 Å². The van der Waals surface area contributed by atoms with E-state index in [0.717, 1.165) is 0 Å². The van der Waals surface area contributed by atoms with Gasteiger partial charge in [0.2, 0.25) is 5.66 Å². The number of ether oxygens (including phenoxy) is 2. The zero-order valence-electron chi connectivity index (χ0n) is 15.4. The van der Waals surface area contributed by atoms with E-state index in [9.17, 15) is 24.2 Å². The summed E-state index contributed by atoms with van der Waals surface area (Å²) in [6.07, 6.45) is -4.59. The Morgan fingerprint density at radius 2 is 2.07 bits per heavy atom. The van der Waals surface area contributed by atoms with Crippen molar-refractivity contribution in [3.05, 3.63) is 12.0 Å². The van der Waals surface area contributed by atoms with Crippen LogP contribution in [0.1, 0.15) is 27.2 Å². The van der Waals surface area contributed by atoms with Gasteiger partial charge in [0.15, 0.2) is 12.1 Å². The summed E-state index contributed by atoms with van der Waals surface area (Å²) in [4.78, 5) is 25.1. The molecule has 1 saturated heterocycles. The van der Waals surface area contributed by atoms with Crippen LogP contribution in [0.4, 0.5) is 9.18 Å². The van der Waals surface area contributed by atoms with E-state index >= 15 is 0 Å². The fraction of sp³-hybridized carbons (Fsp3) is 0.750. The molecule has 154 valence electrons. The van der Waals surface area contributed by atoms with Gasteiger partial charge in [-0.05, 0) is 11.8 Å². The summed E-state index contributed by atoms with van der Waals surface area (Å²) < 4.78 is 24.7. The number of carbonyl (C=O) groups is 2. The third-order valence-electron chi connectivity index (χ3n) is 4.37.